The first-order valence-electron chi connectivity index (χ1n) is 11.4. The molecule has 0 aliphatic carbocycles. The number of benzene rings is 2. The van der Waals surface area contributed by atoms with Gasteiger partial charge in [0.15, 0.2) is 0 Å². The lowest BCUT2D eigenvalue weighted by molar-refractivity contribution is 0.261. The van der Waals surface area contributed by atoms with Gasteiger partial charge < -0.3 is 4.57 Å². The molecule has 1 saturated heterocycles. The van der Waals surface area contributed by atoms with Gasteiger partial charge in [0.1, 0.15) is 11.6 Å². The van der Waals surface area contributed by atoms with E-state index in [1.807, 2.05) is 12.1 Å². The quantitative estimate of drug-likeness (QED) is 0.502. The predicted octanol–water partition coefficient (Wildman–Crippen LogP) is 4.39. The van der Waals surface area contributed by atoms with Crippen LogP contribution in [0.3, 0.4) is 0 Å². The molecule has 0 N–H and O–H groups in total. The maximum atomic E-state index is 13.6. The molecule has 3 aromatic rings. The molecule has 32 heavy (non-hydrogen) atoms. The summed E-state index contributed by atoms with van der Waals surface area (Å²) in [4.78, 5) is 7.33. The van der Waals surface area contributed by atoms with Crippen LogP contribution in [-0.4, -0.2) is 46.8 Å². The minimum absolute atomic E-state index is 0.234. The van der Waals surface area contributed by atoms with Gasteiger partial charge in [0.25, 0.3) is 0 Å². The Morgan fingerprint density at radius 1 is 1.03 bits per heavy atom. The van der Waals surface area contributed by atoms with Gasteiger partial charge in [-0.1, -0.05) is 25.5 Å². The number of aromatic nitrogens is 2. The number of aryl methyl sites for hydroxylation is 1. The van der Waals surface area contributed by atoms with Crippen molar-refractivity contribution >= 4 is 21.1 Å². The first kappa shape index (κ1) is 22.9. The maximum absolute atomic E-state index is 13.6. The van der Waals surface area contributed by atoms with E-state index in [1.54, 1.807) is 28.6 Å². The van der Waals surface area contributed by atoms with Crippen LogP contribution in [0.4, 0.5) is 4.39 Å². The van der Waals surface area contributed by atoms with Crippen molar-refractivity contribution in [2.45, 2.75) is 57.6 Å². The molecular formula is C24H31FN4O2S. The number of nitrogens with zero attached hydrogens (tertiary/aromatic N) is 4. The molecule has 1 aliphatic heterocycles. The van der Waals surface area contributed by atoms with Crippen molar-refractivity contribution in [1.29, 1.82) is 0 Å². The fourth-order valence-electron chi connectivity index (χ4n) is 4.42. The minimum Gasteiger partial charge on any atom is -0.327 e. The number of piperidine rings is 1. The fraction of sp³-hybridized carbons (Fsp3) is 0.458. The molecule has 0 bridgehead atoms. The molecule has 6 nitrogen and oxygen atoms in total. The van der Waals surface area contributed by atoms with Crippen molar-refractivity contribution in [1.82, 2.24) is 18.8 Å². The summed E-state index contributed by atoms with van der Waals surface area (Å²) < 4.78 is 43.5. The SMILES string of the molecule is CCN(Cc1cccc(F)c1)Cc1nc2cc(S(=O)(=O)N3CCCCC3)ccc2n1CC. The number of halogens is 1. The summed E-state index contributed by atoms with van der Waals surface area (Å²) in [6.45, 7) is 8.05. The van der Waals surface area contributed by atoms with Crippen molar-refractivity contribution < 1.29 is 12.8 Å². The van der Waals surface area contributed by atoms with Crippen LogP contribution in [0.5, 0.6) is 0 Å². The molecule has 0 amide bonds. The van der Waals surface area contributed by atoms with E-state index >= 15 is 0 Å². The molecule has 8 heteroatoms. The predicted molar refractivity (Wildman–Crippen MR) is 124 cm³/mol. The molecule has 0 saturated carbocycles. The zero-order valence-electron chi connectivity index (χ0n) is 18.8. The second-order valence-electron chi connectivity index (χ2n) is 8.32. The van der Waals surface area contributed by atoms with Gasteiger partial charge in [-0.25, -0.2) is 17.8 Å². The summed E-state index contributed by atoms with van der Waals surface area (Å²) >= 11 is 0. The van der Waals surface area contributed by atoms with Crippen molar-refractivity contribution in [3.8, 4) is 0 Å². The van der Waals surface area contributed by atoms with Gasteiger partial charge in [0.05, 0.1) is 22.5 Å². The second kappa shape index (κ2) is 9.68. The summed E-state index contributed by atoms with van der Waals surface area (Å²) in [5.41, 5.74) is 2.55. The second-order valence-corrected chi connectivity index (χ2v) is 10.3. The van der Waals surface area contributed by atoms with Gasteiger partial charge in [-0.3, -0.25) is 4.90 Å². The molecule has 1 aromatic heterocycles. The van der Waals surface area contributed by atoms with Crippen molar-refractivity contribution in [3.63, 3.8) is 0 Å². The molecule has 1 aliphatic rings. The first-order chi connectivity index (χ1) is 15.4. The van der Waals surface area contributed by atoms with Gasteiger partial charge in [-0.15, -0.1) is 0 Å². The smallest absolute Gasteiger partial charge is 0.243 e. The van der Waals surface area contributed by atoms with E-state index in [9.17, 15) is 12.8 Å². The van der Waals surface area contributed by atoms with Crippen LogP contribution in [0.2, 0.25) is 0 Å². The monoisotopic (exact) mass is 458 g/mol. The normalized spacial score (nSPS) is 15.6. The molecule has 0 radical (unpaired) electrons. The van der Waals surface area contributed by atoms with Crippen LogP contribution in [0.1, 0.15) is 44.5 Å². The number of fused-ring (bicyclic) bond motifs is 1. The van der Waals surface area contributed by atoms with Crippen molar-refractivity contribution in [2.75, 3.05) is 19.6 Å². The number of imidazole rings is 1. The lowest BCUT2D eigenvalue weighted by Gasteiger charge is -2.25. The molecule has 0 atom stereocenters. The average molecular weight is 459 g/mol. The Morgan fingerprint density at radius 2 is 1.81 bits per heavy atom. The Hall–Kier alpha value is -2.29. The highest BCUT2D eigenvalue weighted by Gasteiger charge is 2.26. The molecule has 2 heterocycles. The van der Waals surface area contributed by atoms with Crippen molar-refractivity contribution in [3.05, 3.63) is 59.7 Å². The number of sulfonamides is 1. The van der Waals surface area contributed by atoms with Crippen LogP contribution in [0.25, 0.3) is 11.0 Å². The maximum Gasteiger partial charge on any atom is 0.243 e. The lowest BCUT2D eigenvalue weighted by atomic mass is 10.2. The Labute approximate surface area is 189 Å². The summed E-state index contributed by atoms with van der Waals surface area (Å²) in [5, 5.41) is 0. The number of rotatable bonds is 8. The number of hydrogen-bond acceptors (Lipinski definition) is 4. The van der Waals surface area contributed by atoms with Gasteiger partial charge in [-0.05, 0) is 62.2 Å². The summed E-state index contributed by atoms with van der Waals surface area (Å²) in [7, 11) is -3.50. The first-order valence-corrected chi connectivity index (χ1v) is 12.8. The third kappa shape index (κ3) is 4.72. The largest absolute Gasteiger partial charge is 0.327 e. The molecule has 4 rings (SSSR count). The van der Waals surface area contributed by atoms with Gasteiger partial charge >= 0.3 is 0 Å². The number of hydrogen-bond donors (Lipinski definition) is 0. The standard InChI is InChI=1S/C24H31FN4O2S/c1-3-27(17-19-9-8-10-20(25)15-19)18-24-26-22-16-21(11-12-23(22)29(24)4-2)32(30,31)28-13-6-5-7-14-28/h8-12,15-16H,3-7,13-14,17-18H2,1-2H3. The van der Waals surface area contributed by atoms with E-state index in [-0.39, 0.29) is 5.82 Å². The van der Waals surface area contributed by atoms with Crippen molar-refractivity contribution in [2.24, 2.45) is 0 Å². The third-order valence-corrected chi connectivity index (χ3v) is 8.07. The summed E-state index contributed by atoms with van der Waals surface area (Å²) in [6.07, 6.45) is 2.90. The zero-order valence-corrected chi connectivity index (χ0v) is 19.6. The molecule has 0 unspecified atom stereocenters. The van der Waals surface area contributed by atoms with Crippen LogP contribution in [0, 0.1) is 5.82 Å². The van der Waals surface area contributed by atoms with E-state index < -0.39 is 10.0 Å². The van der Waals surface area contributed by atoms with E-state index in [1.165, 1.54) is 6.07 Å². The van der Waals surface area contributed by atoms with E-state index in [0.29, 0.717) is 36.6 Å². The Bertz CT molecular complexity index is 1190. The fourth-order valence-corrected chi connectivity index (χ4v) is 5.96. The molecule has 1 fully saturated rings. The zero-order chi connectivity index (χ0) is 22.7. The highest BCUT2D eigenvalue weighted by Crippen LogP contribution is 2.25. The third-order valence-electron chi connectivity index (χ3n) is 6.18. The lowest BCUT2D eigenvalue weighted by Crippen LogP contribution is -2.35. The van der Waals surface area contributed by atoms with Gasteiger partial charge in [0.2, 0.25) is 10.0 Å². The Morgan fingerprint density at radius 3 is 2.50 bits per heavy atom. The molecule has 172 valence electrons. The Balaban J connectivity index is 1.62. The molecular weight excluding hydrogens is 427 g/mol. The summed E-state index contributed by atoms with van der Waals surface area (Å²) in [6, 6.07) is 11.9. The topological polar surface area (TPSA) is 58.4 Å². The average Bonchev–Trinajstić information content (AvgIpc) is 3.15. The van der Waals surface area contributed by atoms with Gasteiger partial charge in [0, 0.05) is 26.2 Å². The highest BCUT2D eigenvalue weighted by molar-refractivity contribution is 7.89. The van der Waals surface area contributed by atoms with E-state index in [2.05, 4.69) is 23.3 Å². The van der Waals surface area contributed by atoms with E-state index in [4.69, 9.17) is 4.98 Å². The molecule has 0 spiro atoms. The van der Waals surface area contributed by atoms with Crippen LogP contribution in [0.15, 0.2) is 47.4 Å². The summed E-state index contributed by atoms with van der Waals surface area (Å²) in [5.74, 6) is 0.648. The van der Waals surface area contributed by atoms with Gasteiger partial charge in [-0.2, -0.15) is 4.31 Å². The van der Waals surface area contributed by atoms with Crippen LogP contribution < -0.4 is 0 Å². The minimum atomic E-state index is -3.50. The Kier molecular flexibility index (Phi) is 6.93. The van der Waals surface area contributed by atoms with Crippen LogP contribution >= 0.6 is 0 Å². The van der Waals surface area contributed by atoms with E-state index in [0.717, 1.165) is 49.3 Å². The molecule has 2 aromatic carbocycles. The highest BCUT2D eigenvalue weighted by atomic mass is 32.2. The van der Waals surface area contributed by atoms with Crippen LogP contribution in [-0.2, 0) is 29.7 Å².